The molecule has 0 aliphatic heterocycles. The Kier molecular flexibility index (Phi) is 6.99. The minimum atomic E-state index is -0.597. The van der Waals surface area contributed by atoms with Crippen LogP contribution in [0.25, 0.3) is 0 Å². The van der Waals surface area contributed by atoms with Gasteiger partial charge in [-0.2, -0.15) is 0 Å². The molecule has 1 N–H and O–H groups in total. The molecule has 1 aromatic rings. The summed E-state index contributed by atoms with van der Waals surface area (Å²) in [5, 5.41) is 3.61. The van der Waals surface area contributed by atoms with E-state index in [1.54, 1.807) is 32.2 Å². The average molecular weight is 306 g/mol. The van der Waals surface area contributed by atoms with Crippen LogP contribution in [0.5, 0.6) is 5.75 Å². The number of hydrogen-bond acceptors (Lipinski definition) is 3. The van der Waals surface area contributed by atoms with Gasteiger partial charge in [0.2, 0.25) is 0 Å². The molecular formula is C13H17Cl2NO3. The summed E-state index contributed by atoms with van der Waals surface area (Å²) in [6, 6.07) is 4.88. The number of methoxy groups -OCH3 is 1. The lowest BCUT2D eigenvalue weighted by Crippen LogP contribution is -2.37. The molecule has 1 atom stereocenters. The van der Waals surface area contributed by atoms with E-state index in [2.05, 4.69) is 5.32 Å². The SMILES string of the molecule is COCCCNC(=O)C(C)Oc1ccc(Cl)c(Cl)c1. The molecule has 0 heterocycles. The third-order valence-corrected chi connectivity index (χ3v) is 3.14. The molecule has 0 aromatic heterocycles. The zero-order valence-corrected chi connectivity index (χ0v) is 12.4. The number of carbonyl (C=O) groups excluding carboxylic acids is 1. The molecule has 0 bridgehead atoms. The van der Waals surface area contributed by atoms with Crippen molar-refractivity contribution in [2.45, 2.75) is 19.4 Å². The van der Waals surface area contributed by atoms with Gasteiger partial charge < -0.3 is 14.8 Å². The van der Waals surface area contributed by atoms with E-state index < -0.39 is 6.10 Å². The van der Waals surface area contributed by atoms with Gasteiger partial charge in [0, 0.05) is 26.3 Å². The Labute approximate surface area is 123 Å². The van der Waals surface area contributed by atoms with Gasteiger partial charge in [-0.15, -0.1) is 0 Å². The normalized spacial score (nSPS) is 12.0. The van der Waals surface area contributed by atoms with Crippen LogP contribution in [0.15, 0.2) is 18.2 Å². The highest BCUT2D eigenvalue weighted by atomic mass is 35.5. The molecule has 1 unspecified atom stereocenters. The molecule has 106 valence electrons. The number of nitrogens with one attached hydrogen (secondary N) is 1. The Morgan fingerprint density at radius 1 is 1.37 bits per heavy atom. The summed E-state index contributed by atoms with van der Waals surface area (Å²) in [5.41, 5.74) is 0. The molecule has 0 spiro atoms. The summed E-state index contributed by atoms with van der Waals surface area (Å²) in [6.45, 7) is 2.85. The van der Waals surface area contributed by atoms with Crippen molar-refractivity contribution in [3.05, 3.63) is 28.2 Å². The number of ether oxygens (including phenoxy) is 2. The van der Waals surface area contributed by atoms with Gasteiger partial charge in [0.15, 0.2) is 6.10 Å². The standard InChI is InChI=1S/C13H17Cl2NO3/c1-9(13(17)16-6-3-7-18-2)19-10-4-5-11(14)12(15)8-10/h4-5,8-9H,3,6-7H2,1-2H3,(H,16,17). The first-order valence-corrected chi connectivity index (χ1v) is 6.68. The highest BCUT2D eigenvalue weighted by Crippen LogP contribution is 2.26. The Morgan fingerprint density at radius 2 is 2.11 bits per heavy atom. The van der Waals surface area contributed by atoms with Crippen LogP contribution in [-0.2, 0) is 9.53 Å². The summed E-state index contributed by atoms with van der Waals surface area (Å²) in [6.07, 6.45) is 0.168. The van der Waals surface area contributed by atoms with Crippen molar-refractivity contribution in [2.75, 3.05) is 20.3 Å². The fraction of sp³-hybridized carbons (Fsp3) is 0.462. The van der Waals surface area contributed by atoms with Crippen LogP contribution in [0, 0.1) is 0 Å². The lowest BCUT2D eigenvalue weighted by atomic mass is 10.3. The van der Waals surface area contributed by atoms with E-state index in [0.29, 0.717) is 28.9 Å². The van der Waals surface area contributed by atoms with E-state index in [-0.39, 0.29) is 5.91 Å². The Bertz CT molecular complexity index is 426. The minimum Gasteiger partial charge on any atom is -0.481 e. The van der Waals surface area contributed by atoms with Crippen LogP contribution in [0.1, 0.15) is 13.3 Å². The smallest absolute Gasteiger partial charge is 0.260 e. The van der Waals surface area contributed by atoms with Crippen molar-refractivity contribution in [3.8, 4) is 5.75 Å². The molecule has 0 aliphatic rings. The zero-order chi connectivity index (χ0) is 14.3. The van der Waals surface area contributed by atoms with Gasteiger partial charge in [-0.1, -0.05) is 23.2 Å². The summed E-state index contributed by atoms with van der Waals surface area (Å²) in [4.78, 5) is 11.7. The lowest BCUT2D eigenvalue weighted by Gasteiger charge is -2.15. The predicted octanol–water partition coefficient (Wildman–Crippen LogP) is 2.91. The molecular weight excluding hydrogens is 289 g/mol. The van der Waals surface area contributed by atoms with Crippen LogP contribution in [0.3, 0.4) is 0 Å². The van der Waals surface area contributed by atoms with E-state index in [0.717, 1.165) is 6.42 Å². The van der Waals surface area contributed by atoms with E-state index >= 15 is 0 Å². The van der Waals surface area contributed by atoms with Gasteiger partial charge >= 0.3 is 0 Å². The minimum absolute atomic E-state index is 0.179. The van der Waals surface area contributed by atoms with Crippen molar-refractivity contribution in [1.82, 2.24) is 5.32 Å². The van der Waals surface area contributed by atoms with E-state index in [4.69, 9.17) is 32.7 Å². The molecule has 0 saturated carbocycles. The molecule has 6 heteroatoms. The molecule has 1 aromatic carbocycles. The van der Waals surface area contributed by atoms with Gasteiger partial charge in [0.05, 0.1) is 10.0 Å². The van der Waals surface area contributed by atoms with Crippen molar-refractivity contribution >= 4 is 29.1 Å². The molecule has 0 fully saturated rings. The van der Waals surface area contributed by atoms with Crippen molar-refractivity contribution in [3.63, 3.8) is 0 Å². The maximum absolute atomic E-state index is 11.7. The number of carbonyl (C=O) groups is 1. The fourth-order valence-electron chi connectivity index (χ4n) is 1.38. The molecule has 1 amide bonds. The highest BCUT2D eigenvalue weighted by Gasteiger charge is 2.14. The summed E-state index contributed by atoms with van der Waals surface area (Å²) < 4.78 is 10.4. The first kappa shape index (κ1) is 16.1. The summed E-state index contributed by atoms with van der Waals surface area (Å²) >= 11 is 11.7. The zero-order valence-electron chi connectivity index (χ0n) is 10.9. The molecule has 0 aliphatic carbocycles. The van der Waals surface area contributed by atoms with E-state index in [1.807, 2.05) is 0 Å². The van der Waals surface area contributed by atoms with Crippen LogP contribution in [0.4, 0.5) is 0 Å². The first-order chi connectivity index (χ1) is 9.04. The second-order valence-electron chi connectivity index (χ2n) is 3.97. The molecule has 1 rings (SSSR count). The summed E-state index contributed by atoms with van der Waals surface area (Å²) in [5.74, 6) is 0.330. The van der Waals surface area contributed by atoms with Crippen molar-refractivity contribution in [2.24, 2.45) is 0 Å². The van der Waals surface area contributed by atoms with Gasteiger partial charge in [0.25, 0.3) is 5.91 Å². The average Bonchev–Trinajstić information content (AvgIpc) is 2.38. The molecule has 0 radical (unpaired) electrons. The molecule has 4 nitrogen and oxygen atoms in total. The van der Waals surface area contributed by atoms with E-state index in [9.17, 15) is 4.79 Å². The van der Waals surface area contributed by atoms with Crippen LogP contribution >= 0.6 is 23.2 Å². The van der Waals surface area contributed by atoms with E-state index in [1.165, 1.54) is 0 Å². The largest absolute Gasteiger partial charge is 0.481 e. The predicted molar refractivity (Wildman–Crippen MR) is 76.1 cm³/mol. The molecule has 0 saturated heterocycles. The van der Waals surface area contributed by atoms with Gasteiger partial charge in [-0.25, -0.2) is 0 Å². The lowest BCUT2D eigenvalue weighted by molar-refractivity contribution is -0.127. The second kappa shape index (κ2) is 8.25. The van der Waals surface area contributed by atoms with Gasteiger partial charge in [-0.05, 0) is 25.5 Å². The maximum atomic E-state index is 11.7. The quantitative estimate of drug-likeness (QED) is 0.788. The van der Waals surface area contributed by atoms with Crippen LogP contribution in [0.2, 0.25) is 10.0 Å². The van der Waals surface area contributed by atoms with Crippen LogP contribution < -0.4 is 10.1 Å². The van der Waals surface area contributed by atoms with Crippen molar-refractivity contribution in [1.29, 1.82) is 0 Å². The number of hydrogen-bond donors (Lipinski definition) is 1. The number of benzene rings is 1. The summed E-state index contributed by atoms with van der Waals surface area (Å²) in [7, 11) is 1.62. The monoisotopic (exact) mass is 305 g/mol. The Morgan fingerprint density at radius 3 is 2.74 bits per heavy atom. The third kappa shape index (κ3) is 5.68. The topological polar surface area (TPSA) is 47.6 Å². The molecule has 19 heavy (non-hydrogen) atoms. The number of halogens is 2. The number of amides is 1. The third-order valence-electron chi connectivity index (χ3n) is 2.40. The number of rotatable bonds is 7. The van der Waals surface area contributed by atoms with Crippen LogP contribution in [-0.4, -0.2) is 32.3 Å². The van der Waals surface area contributed by atoms with Crippen molar-refractivity contribution < 1.29 is 14.3 Å². The highest BCUT2D eigenvalue weighted by molar-refractivity contribution is 6.42. The van der Waals surface area contributed by atoms with Gasteiger partial charge in [-0.3, -0.25) is 4.79 Å². The second-order valence-corrected chi connectivity index (χ2v) is 4.79. The Balaban J connectivity index is 2.42. The fourth-order valence-corrected chi connectivity index (χ4v) is 1.67. The maximum Gasteiger partial charge on any atom is 0.260 e. The first-order valence-electron chi connectivity index (χ1n) is 5.93. The van der Waals surface area contributed by atoms with Gasteiger partial charge in [0.1, 0.15) is 5.75 Å². The Hall–Kier alpha value is -0.970.